The number of carbonyl (C=O) groups excluding carboxylic acids is 1. The number of phenolic OH excluding ortho intramolecular Hbond substituents is 1. The van der Waals surface area contributed by atoms with Crippen molar-refractivity contribution in [3.63, 3.8) is 0 Å². The Kier molecular flexibility index (Phi) is 8.27. The molecular formula is C30H30N6O4S2. The van der Waals surface area contributed by atoms with E-state index in [-0.39, 0.29) is 17.8 Å². The summed E-state index contributed by atoms with van der Waals surface area (Å²) < 4.78 is 21.9. The first-order chi connectivity index (χ1) is 20.5. The van der Waals surface area contributed by atoms with E-state index in [1.54, 1.807) is 24.4 Å². The van der Waals surface area contributed by atoms with Crippen molar-refractivity contribution < 1.29 is 18.8 Å². The van der Waals surface area contributed by atoms with Gasteiger partial charge in [-0.25, -0.2) is 23.5 Å². The number of methoxy groups -OCH3 is 1. The number of aromatic nitrogens is 4. The van der Waals surface area contributed by atoms with Crippen molar-refractivity contribution in [2.45, 2.75) is 36.6 Å². The Labute approximate surface area is 249 Å². The number of thiazole rings is 1. The van der Waals surface area contributed by atoms with E-state index in [4.69, 9.17) is 14.7 Å². The van der Waals surface area contributed by atoms with Crippen molar-refractivity contribution >= 4 is 39.2 Å². The van der Waals surface area contributed by atoms with Gasteiger partial charge in [0.05, 0.1) is 23.4 Å². The lowest BCUT2D eigenvalue weighted by Gasteiger charge is -2.31. The maximum atomic E-state index is 13.2. The first kappa shape index (κ1) is 28.0. The maximum absolute atomic E-state index is 13.2. The van der Waals surface area contributed by atoms with E-state index >= 15 is 0 Å². The summed E-state index contributed by atoms with van der Waals surface area (Å²) in [6, 6.07) is 16.7. The lowest BCUT2D eigenvalue weighted by atomic mass is 10.1. The fourth-order valence-corrected chi connectivity index (χ4v) is 6.99. The van der Waals surface area contributed by atoms with Gasteiger partial charge in [-0.05, 0) is 55.2 Å². The van der Waals surface area contributed by atoms with Crippen molar-refractivity contribution in [3.8, 4) is 28.4 Å². The molecule has 0 amide bonds. The molecule has 0 radical (unpaired) electrons. The summed E-state index contributed by atoms with van der Waals surface area (Å²) in [5.41, 5.74) is 4.13. The highest BCUT2D eigenvalue weighted by Crippen LogP contribution is 2.35. The number of piperidine rings is 1. The highest BCUT2D eigenvalue weighted by molar-refractivity contribution is 7.82. The van der Waals surface area contributed by atoms with E-state index < -0.39 is 11.0 Å². The summed E-state index contributed by atoms with van der Waals surface area (Å²) in [6.07, 6.45) is 6.22. The predicted molar refractivity (Wildman–Crippen MR) is 163 cm³/mol. The average molecular weight is 603 g/mol. The first-order valence-electron chi connectivity index (χ1n) is 13.7. The quantitative estimate of drug-likeness (QED) is 0.228. The SMILES string of the molecule is COC(=O)CCc1ccc(S(=O)N2CCC(Nc3nccc(-c4c(-c5cccc(O)c5)nc5sccn45)n3)CC2)cc1. The molecule has 0 aliphatic carbocycles. The predicted octanol–water partition coefficient (Wildman–Crippen LogP) is 4.93. The number of fused-ring (bicyclic) bond motifs is 1. The molecule has 5 aromatic rings. The van der Waals surface area contributed by atoms with Crippen LogP contribution in [0.4, 0.5) is 5.95 Å². The van der Waals surface area contributed by atoms with Crippen molar-refractivity contribution in [1.29, 1.82) is 0 Å². The fourth-order valence-electron chi connectivity index (χ4n) is 5.06. The Hall–Kier alpha value is -4.13. The summed E-state index contributed by atoms with van der Waals surface area (Å²) >= 11 is 1.54. The van der Waals surface area contributed by atoms with Gasteiger partial charge in [-0.15, -0.1) is 11.3 Å². The van der Waals surface area contributed by atoms with Crippen molar-refractivity contribution in [3.05, 3.63) is 77.9 Å². The van der Waals surface area contributed by atoms with Crippen LogP contribution in [0.2, 0.25) is 0 Å². The van der Waals surface area contributed by atoms with Gasteiger partial charge in [0, 0.05) is 48.9 Å². The third-order valence-electron chi connectivity index (χ3n) is 7.27. The molecule has 6 rings (SSSR count). The molecule has 2 aromatic carbocycles. The second kappa shape index (κ2) is 12.4. The van der Waals surface area contributed by atoms with Crippen LogP contribution in [0.1, 0.15) is 24.8 Å². The number of ether oxygens (including phenoxy) is 1. The highest BCUT2D eigenvalue weighted by Gasteiger charge is 2.25. The van der Waals surface area contributed by atoms with Gasteiger partial charge in [-0.3, -0.25) is 9.20 Å². The van der Waals surface area contributed by atoms with Crippen LogP contribution in [0.3, 0.4) is 0 Å². The topological polar surface area (TPSA) is 122 Å². The smallest absolute Gasteiger partial charge is 0.305 e. The van der Waals surface area contributed by atoms with Crippen molar-refractivity contribution in [2.75, 3.05) is 25.5 Å². The van der Waals surface area contributed by atoms with E-state index in [0.717, 1.165) is 50.9 Å². The number of hydrogen-bond acceptors (Lipinski definition) is 9. The summed E-state index contributed by atoms with van der Waals surface area (Å²) in [5, 5.41) is 15.5. The Morgan fingerprint density at radius 2 is 1.95 bits per heavy atom. The Bertz CT molecular complexity index is 1730. The average Bonchev–Trinajstić information content (AvgIpc) is 3.62. The number of aromatic hydroxyl groups is 1. The second-order valence-corrected chi connectivity index (χ2v) is 12.4. The number of imidazole rings is 1. The first-order valence-corrected chi connectivity index (χ1v) is 15.6. The van der Waals surface area contributed by atoms with E-state index in [2.05, 4.69) is 10.3 Å². The van der Waals surface area contributed by atoms with Gasteiger partial charge in [-0.1, -0.05) is 24.3 Å². The zero-order chi connectivity index (χ0) is 29.1. The van der Waals surface area contributed by atoms with Crippen LogP contribution >= 0.6 is 11.3 Å². The summed E-state index contributed by atoms with van der Waals surface area (Å²) in [6.45, 7) is 1.35. The Balaban J connectivity index is 1.11. The van der Waals surface area contributed by atoms with Crippen LogP contribution in [0.5, 0.6) is 5.75 Å². The molecule has 0 spiro atoms. The van der Waals surface area contributed by atoms with Crippen LogP contribution in [0.15, 0.2) is 77.3 Å². The molecule has 3 aromatic heterocycles. The van der Waals surface area contributed by atoms with Gasteiger partial charge >= 0.3 is 5.97 Å². The lowest BCUT2D eigenvalue weighted by molar-refractivity contribution is -0.140. The lowest BCUT2D eigenvalue weighted by Crippen LogP contribution is -2.40. The van der Waals surface area contributed by atoms with Gasteiger partial charge in [-0.2, -0.15) is 0 Å². The molecule has 0 saturated carbocycles. The minimum atomic E-state index is -1.25. The Morgan fingerprint density at radius 1 is 1.14 bits per heavy atom. The number of nitrogens with zero attached hydrogens (tertiary/aromatic N) is 5. The van der Waals surface area contributed by atoms with E-state index in [1.165, 1.54) is 18.4 Å². The Morgan fingerprint density at radius 3 is 2.71 bits per heavy atom. The largest absolute Gasteiger partial charge is 0.508 e. The molecule has 216 valence electrons. The molecule has 1 aliphatic rings. The van der Waals surface area contributed by atoms with Gasteiger partial charge < -0.3 is 15.2 Å². The van der Waals surface area contributed by atoms with Crippen LogP contribution < -0.4 is 5.32 Å². The third-order valence-corrected chi connectivity index (χ3v) is 9.54. The van der Waals surface area contributed by atoms with E-state index in [1.807, 2.05) is 56.7 Å². The second-order valence-electron chi connectivity index (χ2n) is 10.00. The van der Waals surface area contributed by atoms with Gasteiger partial charge in [0.15, 0.2) is 4.96 Å². The molecular weight excluding hydrogens is 573 g/mol. The minimum absolute atomic E-state index is 0.145. The number of benzene rings is 2. The number of rotatable bonds is 9. The molecule has 1 aliphatic heterocycles. The van der Waals surface area contributed by atoms with E-state index in [0.29, 0.717) is 31.9 Å². The molecule has 1 saturated heterocycles. The molecule has 1 unspecified atom stereocenters. The normalized spacial score (nSPS) is 15.1. The molecule has 12 heteroatoms. The third kappa shape index (κ3) is 6.06. The number of nitrogens with one attached hydrogen (secondary N) is 1. The molecule has 10 nitrogen and oxygen atoms in total. The molecule has 2 N–H and O–H groups in total. The zero-order valence-electron chi connectivity index (χ0n) is 23.0. The van der Waals surface area contributed by atoms with Crippen molar-refractivity contribution in [2.24, 2.45) is 0 Å². The van der Waals surface area contributed by atoms with Crippen LogP contribution in [0, 0.1) is 0 Å². The highest BCUT2D eigenvalue weighted by atomic mass is 32.2. The molecule has 1 fully saturated rings. The van der Waals surface area contributed by atoms with Crippen molar-refractivity contribution in [1.82, 2.24) is 23.7 Å². The van der Waals surface area contributed by atoms with Crippen LogP contribution in [-0.4, -0.2) is 65.2 Å². The summed E-state index contributed by atoms with van der Waals surface area (Å²) in [5.74, 6) is 0.470. The standard InChI is InChI=1S/C30H30N6O4S2/c1-40-26(38)10-7-20-5-8-24(9-6-20)42(39)35-15-12-22(13-16-35)32-29-31-14-11-25(33-29)28-27(21-3-2-4-23(37)19-21)34-30-36(28)17-18-41-30/h2-6,8-9,11,14,17-19,22,37H,7,10,12-13,15-16H2,1H3,(H,31,32,33). The molecule has 4 heterocycles. The fraction of sp³-hybridized carbons (Fsp3) is 0.267. The number of aryl methyl sites for hydroxylation is 1. The van der Waals surface area contributed by atoms with Crippen LogP contribution in [0.25, 0.3) is 27.6 Å². The number of anilines is 1. The number of esters is 1. The van der Waals surface area contributed by atoms with Crippen LogP contribution in [-0.2, 0) is 26.9 Å². The molecule has 1 atom stereocenters. The maximum Gasteiger partial charge on any atom is 0.305 e. The monoisotopic (exact) mass is 602 g/mol. The zero-order valence-corrected chi connectivity index (χ0v) is 24.6. The molecule has 0 bridgehead atoms. The van der Waals surface area contributed by atoms with Gasteiger partial charge in [0.2, 0.25) is 5.95 Å². The minimum Gasteiger partial charge on any atom is -0.508 e. The number of phenols is 1. The number of hydrogen-bond donors (Lipinski definition) is 2. The van der Waals surface area contributed by atoms with Gasteiger partial charge in [0.25, 0.3) is 0 Å². The summed E-state index contributed by atoms with van der Waals surface area (Å²) in [7, 11) is 0.131. The van der Waals surface area contributed by atoms with E-state index in [9.17, 15) is 14.1 Å². The summed E-state index contributed by atoms with van der Waals surface area (Å²) in [4.78, 5) is 27.1. The number of carbonyl (C=O) groups is 1. The molecule has 42 heavy (non-hydrogen) atoms. The van der Waals surface area contributed by atoms with Gasteiger partial charge in [0.1, 0.15) is 22.4 Å².